The molecule has 27 heavy (non-hydrogen) atoms. The third-order valence-corrected chi connectivity index (χ3v) is 6.45. The molecule has 7 heteroatoms. The van der Waals surface area contributed by atoms with E-state index in [0.717, 1.165) is 27.8 Å². The van der Waals surface area contributed by atoms with Crippen LogP contribution in [-0.2, 0) is 16.0 Å². The molecule has 1 unspecified atom stereocenters. The molecular weight excluding hydrogens is 405 g/mol. The summed E-state index contributed by atoms with van der Waals surface area (Å²) in [4.78, 5) is 27.1. The zero-order valence-electron chi connectivity index (χ0n) is 14.4. The summed E-state index contributed by atoms with van der Waals surface area (Å²) < 4.78 is 6.07. The minimum Gasteiger partial charge on any atom is -0.451 e. The topological polar surface area (TPSA) is 46.6 Å². The number of hydrogen-bond donors (Lipinski definition) is 0. The number of halogens is 2. The number of amides is 1. The van der Waals surface area contributed by atoms with E-state index in [-0.39, 0.29) is 23.4 Å². The molecule has 2 aromatic carbocycles. The molecule has 0 saturated carbocycles. The maximum atomic E-state index is 12.7. The van der Waals surface area contributed by atoms with Crippen molar-refractivity contribution in [3.8, 4) is 0 Å². The molecule has 138 valence electrons. The summed E-state index contributed by atoms with van der Waals surface area (Å²) in [5.74, 6) is -0.855. The van der Waals surface area contributed by atoms with Gasteiger partial charge in [0.1, 0.15) is 4.88 Å². The monoisotopic (exact) mass is 419 g/mol. The molecule has 4 rings (SSSR count). The number of thiophene rings is 1. The third kappa shape index (κ3) is 3.31. The summed E-state index contributed by atoms with van der Waals surface area (Å²) in [5, 5.41) is 1.63. The van der Waals surface area contributed by atoms with Crippen LogP contribution in [0.25, 0.3) is 10.1 Å². The van der Waals surface area contributed by atoms with E-state index in [0.29, 0.717) is 10.0 Å². The second-order valence-electron chi connectivity index (χ2n) is 6.41. The summed E-state index contributed by atoms with van der Waals surface area (Å²) in [7, 11) is 0. The number of ether oxygens (including phenoxy) is 1. The van der Waals surface area contributed by atoms with Crippen molar-refractivity contribution in [2.45, 2.75) is 19.4 Å². The number of para-hydroxylation sites is 1. The Kier molecular flexibility index (Phi) is 4.84. The van der Waals surface area contributed by atoms with Crippen LogP contribution in [0.1, 0.15) is 22.2 Å². The second kappa shape index (κ2) is 7.15. The molecule has 0 spiro atoms. The van der Waals surface area contributed by atoms with E-state index < -0.39 is 5.97 Å². The first-order valence-corrected chi connectivity index (χ1v) is 9.97. The second-order valence-corrected chi connectivity index (χ2v) is 8.27. The molecular formula is C20H15Cl2NO3S. The van der Waals surface area contributed by atoms with E-state index in [4.69, 9.17) is 27.9 Å². The number of carbonyl (C=O) groups is 2. The molecule has 0 saturated heterocycles. The summed E-state index contributed by atoms with van der Waals surface area (Å²) >= 11 is 13.5. The molecule has 2 heterocycles. The minimum atomic E-state index is -0.606. The Bertz CT molecular complexity index is 1060. The van der Waals surface area contributed by atoms with Crippen molar-refractivity contribution >= 4 is 62.2 Å². The maximum absolute atomic E-state index is 12.7. The van der Waals surface area contributed by atoms with Crippen LogP contribution >= 0.6 is 34.5 Å². The van der Waals surface area contributed by atoms with E-state index in [2.05, 4.69) is 0 Å². The Labute approximate surface area is 170 Å². The van der Waals surface area contributed by atoms with Crippen molar-refractivity contribution in [2.24, 2.45) is 0 Å². The predicted molar refractivity (Wildman–Crippen MR) is 109 cm³/mol. The van der Waals surface area contributed by atoms with E-state index in [9.17, 15) is 9.59 Å². The smallest absolute Gasteiger partial charge is 0.350 e. The molecule has 1 aliphatic rings. The van der Waals surface area contributed by atoms with E-state index in [1.807, 2.05) is 31.2 Å². The van der Waals surface area contributed by atoms with Gasteiger partial charge < -0.3 is 9.64 Å². The minimum absolute atomic E-state index is 0.0312. The van der Waals surface area contributed by atoms with Crippen LogP contribution < -0.4 is 4.90 Å². The Morgan fingerprint density at radius 1 is 1.22 bits per heavy atom. The van der Waals surface area contributed by atoms with Gasteiger partial charge in [0.05, 0.1) is 5.02 Å². The average molecular weight is 420 g/mol. The first-order valence-electron chi connectivity index (χ1n) is 8.40. The number of anilines is 1. The molecule has 0 N–H and O–H groups in total. The Morgan fingerprint density at radius 3 is 2.81 bits per heavy atom. The number of benzene rings is 2. The largest absolute Gasteiger partial charge is 0.451 e. The molecule has 4 nitrogen and oxygen atoms in total. The summed E-state index contributed by atoms with van der Waals surface area (Å²) in [6, 6.07) is 13.0. The van der Waals surface area contributed by atoms with Gasteiger partial charge in [0.15, 0.2) is 6.61 Å². The van der Waals surface area contributed by atoms with Crippen LogP contribution in [0.5, 0.6) is 0 Å². The molecule has 0 fully saturated rings. The lowest BCUT2D eigenvalue weighted by Crippen LogP contribution is -2.38. The van der Waals surface area contributed by atoms with Crippen molar-refractivity contribution in [1.29, 1.82) is 0 Å². The number of carbonyl (C=O) groups excluding carboxylic acids is 2. The van der Waals surface area contributed by atoms with Crippen molar-refractivity contribution < 1.29 is 14.3 Å². The van der Waals surface area contributed by atoms with E-state index in [1.165, 1.54) is 11.3 Å². The van der Waals surface area contributed by atoms with Gasteiger partial charge in [-0.25, -0.2) is 4.79 Å². The highest BCUT2D eigenvalue weighted by Crippen LogP contribution is 2.37. The molecule has 1 aliphatic heterocycles. The Hall–Kier alpha value is -2.08. The molecule has 1 aromatic heterocycles. The zero-order valence-corrected chi connectivity index (χ0v) is 16.7. The maximum Gasteiger partial charge on any atom is 0.350 e. The van der Waals surface area contributed by atoms with E-state index >= 15 is 0 Å². The van der Waals surface area contributed by atoms with Crippen molar-refractivity contribution in [3.05, 3.63) is 63.0 Å². The van der Waals surface area contributed by atoms with Gasteiger partial charge in [-0.1, -0.05) is 47.5 Å². The summed E-state index contributed by atoms with van der Waals surface area (Å²) in [6.07, 6.45) is 0.790. The normalized spacial score (nSPS) is 15.8. The Morgan fingerprint density at radius 2 is 2.00 bits per heavy atom. The SMILES string of the molecule is CC1Cc2ccccc2N1C(=O)COC(=O)c1sc2cc(Cl)ccc2c1Cl. The number of hydrogen-bond acceptors (Lipinski definition) is 4. The standard InChI is InChI=1S/C20H15Cl2NO3S/c1-11-8-12-4-2-3-5-15(12)23(11)17(24)10-26-20(25)19-18(22)14-7-6-13(21)9-16(14)27-19/h2-7,9,11H,8,10H2,1H3. The van der Waals surface area contributed by atoms with Crippen LogP contribution in [0.15, 0.2) is 42.5 Å². The van der Waals surface area contributed by atoms with Gasteiger partial charge >= 0.3 is 5.97 Å². The molecule has 1 atom stereocenters. The fraction of sp³-hybridized carbons (Fsp3) is 0.200. The molecule has 0 radical (unpaired) electrons. The highest BCUT2D eigenvalue weighted by Gasteiger charge is 2.31. The summed E-state index contributed by atoms with van der Waals surface area (Å²) in [5.41, 5.74) is 2.00. The first kappa shape index (κ1) is 18.3. The fourth-order valence-electron chi connectivity index (χ4n) is 3.38. The van der Waals surface area contributed by atoms with Gasteiger partial charge in [-0.3, -0.25) is 4.79 Å². The molecule has 1 amide bonds. The lowest BCUT2D eigenvalue weighted by Gasteiger charge is -2.22. The number of rotatable bonds is 3. The molecule has 3 aromatic rings. The van der Waals surface area contributed by atoms with Gasteiger partial charge in [-0.2, -0.15) is 0 Å². The first-order chi connectivity index (χ1) is 13.0. The van der Waals surface area contributed by atoms with Crippen LogP contribution in [0.4, 0.5) is 5.69 Å². The van der Waals surface area contributed by atoms with Crippen LogP contribution in [0.2, 0.25) is 10.0 Å². The predicted octanol–water partition coefficient (Wildman–Crippen LogP) is 5.34. The van der Waals surface area contributed by atoms with Gasteiger partial charge in [0.2, 0.25) is 0 Å². The fourth-order valence-corrected chi connectivity index (χ4v) is 5.06. The lowest BCUT2D eigenvalue weighted by molar-refractivity contribution is -0.122. The van der Waals surface area contributed by atoms with Crippen molar-refractivity contribution in [2.75, 3.05) is 11.5 Å². The Balaban J connectivity index is 1.50. The van der Waals surface area contributed by atoms with Gasteiger partial charge in [-0.05, 0) is 37.1 Å². The number of esters is 1. The summed E-state index contributed by atoms with van der Waals surface area (Å²) in [6.45, 7) is 1.65. The van der Waals surface area contributed by atoms with Crippen molar-refractivity contribution in [3.63, 3.8) is 0 Å². The number of fused-ring (bicyclic) bond motifs is 2. The van der Waals surface area contributed by atoms with Crippen LogP contribution in [0.3, 0.4) is 0 Å². The lowest BCUT2D eigenvalue weighted by atomic mass is 10.1. The highest BCUT2D eigenvalue weighted by atomic mass is 35.5. The van der Waals surface area contributed by atoms with Gasteiger partial charge in [-0.15, -0.1) is 11.3 Å². The number of nitrogens with zero attached hydrogens (tertiary/aromatic N) is 1. The zero-order chi connectivity index (χ0) is 19.1. The molecule has 0 bridgehead atoms. The van der Waals surface area contributed by atoms with Gasteiger partial charge in [0, 0.05) is 26.8 Å². The van der Waals surface area contributed by atoms with Gasteiger partial charge in [0.25, 0.3) is 5.91 Å². The van der Waals surface area contributed by atoms with Crippen LogP contribution in [0, 0.1) is 0 Å². The quantitative estimate of drug-likeness (QED) is 0.538. The van der Waals surface area contributed by atoms with Crippen LogP contribution in [-0.4, -0.2) is 24.5 Å². The average Bonchev–Trinajstić information content (AvgIpc) is 3.15. The van der Waals surface area contributed by atoms with Crippen molar-refractivity contribution in [1.82, 2.24) is 0 Å². The third-order valence-electron chi connectivity index (χ3n) is 4.58. The molecule has 0 aliphatic carbocycles. The van der Waals surface area contributed by atoms with E-state index in [1.54, 1.807) is 23.1 Å². The highest BCUT2D eigenvalue weighted by molar-refractivity contribution is 7.21.